The van der Waals surface area contributed by atoms with Gasteiger partial charge in [0, 0.05) is 32.3 Å². The molecule has 0 atom stereocenters. The van der Waals surface area contributed by atoms with Crippen LogP contribution in [0.5, 0.6) is 11.5 Å². The second kappa shape index (κ2) is 7.94. The van der Waals surface area contributed by atoms with E-state index in [1.54, 1.807) is 16.7 Å². The summed E-state index contributed by atoms with van der Waals surface area (Å²) in [4.78, 5) is 37.9. The fourth-order valence-electron chi connectivity index (χ4n) is 2.83. The van der Waals surface area contributed by atoms with Gasteiger partial charge in [-0.1, -0.05) is 0 Å². The van der Waals surface area contributed by atoms with Gasteiger partial charge in [-0.25, -0.2) is 4.79 Å². The lowest BCUT2D eigenvalue weighted by Crippen LogP contribution is -2.50. The molecular formula is C17H19N3O7. The molecule has 2 amide bonds. The number of nitro benzene ring substituents is 1. The van der Waals surface area contributed by atoms with Crippen LogP contribution in [0.25, 0.3) is 6.08 Å². The van der Waals surface area contributed by atoms with Gasteiger partial charge in [0.1, 0.15) is 0 Å². The first-order valence-electron chi connectivity index (χ1n) is 8.46. The Morgan fingerprint density at radius 3 is 2.44 bits per heavy atom. The largest absolute Gasteiger partial charge is 0.454 e. The van der Waals surface area contributed by atoms with Crippen LogP contribution in [0, 0.1) is 10.1 Å². The average Bonchev–Trinajstić information content (AvgIpc) is 3.13. The number of carbonyl (C=O) groups is 2. The summed E-state index contributed by atoms with van der Waals surface area (Å²) in [6.45, 7) is 3.53. The maximum absolute atomic E-state index is 12.4. The number of piperazine rings is 1. The molecule has 1 aromatic rings. The van der Waals surface area contributed by atoms with Gasteiger partial charge in [0.05, 0.1) is 23.2 Å². The van der Waals surface area contributed by atoms with Gasteiger partial charge in [-0.15, -0.1) is 0 Å². The van der Waals surface area contributed by atoms with Crippen molar-refractivity contribution in [3.8, 4) is 11.5 Å². The molecule has 0 spiro atoms. The van der Waals surface area contributed by atoms with E-state index in [1.165, 1.54) is 24.3 Å². The maximum atomic E-state index is 12.4. The second-order valence-electron chi connectivity index (χ2n) is 5.87. The highest BCUT2D eigenvalue weighted by Gasteiger charge is 2.25. The first kappa shape index (κ1) is 18.5. The third-order valence-electron chi connectivity index (χ3n) is 4.24. The summed E-state index contributed by atoms with van der Waals surface area (Å²) in [7, 11) is 0. The topological polar surface area (TPSA) is 111 Å². The zero-order chi connectivity index (χ0) is 19.4. The van der Waals surface area contributed by atoms with Crippen LogP contribution in [0.3, 0.4) is 0 Å². The third kappa shape index (κ3) is 4.10. The Bertz CT molecular complexity index is 785. The van der Waals surface area contributed by atoms with Gasteiger partial charge >= 0.3 is 6.09 Å². The molecule has 2 aliphatic heterocycles. The van der Waals surface area contributed by atoms with Crippen molar-refractivity contribution in [1.82, 2.24) is 9.80 Å². The van der Waals surface area contributed by atoms with E-state index in [-0.39, 0.29) is 24.0 Å². The molecule has 3 rings (SSSR count). The summed E-state index contributed by atoms with van der Waals surface area (Å²) >= 11 is 0. The number of fused-ring (bicyclic) bond motifs is 1. The summed E-state index contributed by atoms with van der Waals surface area (Å²) in [5.41, 5.74) is 0.0817. The number of rotatable bonds is 4. The molecule has 0 radical (unpaired) electrons. The minimum Gasteiger partial charge on any atom is -0.454 e. The van der Waals surface area contributed by atoms with E-state index < -0.39 is 11.0 Å². The normalized spacial score (nSPS) is 15.9. The molecule has 144 valence electrons. The third-order valence-corrected chi connectivity index (χ3v) is 4.24. The fraction of sp³-hybridized carbons (Fsp3) is 0.412. The van der Waals surface area contributed by atoms with Crippen LogP contribution in [0.1, 0.15) is 12.5 Å². The van der Waals surface area contributed by atoms with Crippen LogP contribution in [0.4, 0.5) is 10.5 Å². The summed E-state index contributed by atoms with van der Waals surface area (Å²) in [6, 6.07) is 2.76. The number of hydrogen-bond donors (Lipinski definition) is 0. The SMILES string of the molecule is CCOC(=O)N1CCN(C(=O)/C=C/c2cc3c(cc2[N+](=O)[O-])OCO3)CC1. The van der Waals surface area contributed by atoms with Gasteiger partial charge in [0.2, 0.25) is 12.7 Å². The van der Waals surface area contributed by atoms with E-state index in [9.17, 15) is 19.7 Å². The first-order chi connectivity index (χ1) is 13.0. The van der Waals surface area contributed by atoms with E-state index >= 15 is 0 Å². The second-order valence-corrected chi connectivity index (χ2v) is 5.87. The van der Waals surface area contributed by atoms with Gasteiger partial charge < -0.3 is 24.0 Å². The number of nitro groups is 1. The minimum absolute atomic E-state index is 0.00330. The summed E-state index contributed by atoms with van der Waals surface area (Å²) in [5.74, 6) is 0.418. The first-order valence-corrected chi connectivity index (χ1v) is 8.46. The lowest BCUT2D eigenvalue weighted by atomic mass is 10.1. The van der Waals surface area contributed by atoms with Crippen molar-refractivity contribution in [2.45, 2.75) is 6.92 Å². The minimum atomic E-state index is -0.537. The Balaban J connectivity index is 1.66. The standard InChI is InChI=1S/C17H19N3O7/c1-2-25-17(22)19-7-5-18(6-8-19)16(21)4-3-12-9-14-15(27-11-26-14)10-13(12)20(23)24/h3-4,9-10H,2,5-8,11H2,1H3/b4-3+. The van der Waals surface area contributed by atoms with E-state index in [2.05, 4.69) is 0 Å². The molecule has 10 heteroatoms. The smallest absolute Gasteiger partial charge is 0.409 e. The highest BCUT2D eigenvalue weighted by Crippen LogP contribution is 2.38. The van der Waals surface area contributed by atoms with Gasteiger partial charge in [-0.2, -0.15) is 0 Å². The van der Waals surface area contributed by atoms with Crippen molar-refractivity contribution in [2.75, 3.05) is 39.6 Å². The Labute approximate surface area is 155 Å². The monoisotopic (exact) mass is 377 g/mol. The van der Waals surface area contributed by atoms with Gasteiger partial charge in [-0.3, -0.25) is 14.9 Å². The summed E-state index contributed by atoms with van der Waals surface area (Å²) in [5, 5.41) is 11.3. The molecule has 1 fully saturated rings. The maximum Gasteiger partial charge on any atom is 0.409 e. The van der Waals surface area contributed by atoms with Crippen LogP contribution < -0.4 is 9.47 Å². The molecule has 0 aromatic heterocycles. The van der Waals surface area contributed by atoms with E-state index in [0.717, 1.165) is 0 Å². The predicted octanol–water partition coefficient (Wildman–Crippen LogP) is 1.64. The van der Waals surface area contributed by atoms with Crippen LogP contribution in [0.15, 0.2) is 18.2 Å². The molecule has 1 aromatic carbocycles. The molecule has 0 unspecified atom stereocenters. The number of nitrogens with zero attached hydrogens (tertiary/aromatic N) is 3. The van der Waals surface area contributed by atoms with E-state index in [4.69, 9.17) is 14.2 Å². The average molecular weight is 377 g/mol. The van der Waals surface area contributed by atoms with Crippen molar-refractivity contribution in [3.63, 3.8) is 0 Å². The molecule has 27 heavy (non-hydrogen) atoms. The number of benzene rings is 1. The Hall–Kier alpha value is -3.30. The van der Waals surface area contributed by atoms with Crippen molar-refractivity contribution in [2.24, 2.45) is 0 Å². The van der Waals surface area contributed by atoms with Crippen LogP contribution in [-0.2, 0) is 9.53 Å². The molecule has 0 N–H and O–H groups in total. The molecule has 10 nitrogen and oxygen atoms in total. The Kier molecular flexibility index (Phi) is 5.43. The number of hydrogen-bond acceptors (Lipinski definition) is 7. The molecular weight excluding hydrogens is 358 g/mol. The lowest BCUT2D eigenvalue weighted by molar-refractivity contribution is -0.385. The number of ether oxygens (including phenoxy) is 3. The van der Waals surface area contributed by atoms with Crippen molar-refractivity contribution in [1.29, 1.82) is 0 Å². The van der Waals surface area contributed by atoms with Crippen LogP contribution in [-0.4, -0.2) is 66.3 Å². The highest BCUT2D eigenvalue weighted by atomic mass is 16.7. The molecule has 1 saturated heterocycles. The quantitative estimate of drug-likeness (QED) is 0.445. The molecule has 0 saturated carbocycles. The van der Waals surface area contributed by atoms with Crippen molar-refractivity contribution in [3.05, 3.63) is 33.9 Å². The van der Waals surface area contributed by atoms with E-state index in [1.807, 2.05) is 0 Å². The fourth-order valence-corrected chi connectivity index (χ4v) is 2.83. The summed E-state index contributed by atoms with van der Waals surface area (Å²) < 4.78 is 15.3. The number of amides is 2. The highest BCUT2D eigenvalue weighted by molar-refractivity contribution is 5.92. The zero-order valence-corrected chi connectivity index (χ0v) is 14.8. The summed E-state index contributed by atoms with van der Waals surface area (Å²) in [6.07, 6.45) is 2.28. The van der Waals surface area contributed by atoms with Gasteiger partial charge in [0.15, 0.2) is 11.5 Å². The van der Waals surface area contributed by atoms with Crippen molar-refractivity contribution < 1.29 is 28.7 Å². The van der Waals surface area contributed by atoms with E-state index in [0.29, 0.717) is 44.3 Å². The van der Waals surface area contributed by atoms with Crippen molar-refractivity contribution >= 4 is 23.8 Å². The van der Waals surface area contributed by atoms with Crippen LogP contribution in [0.2, 0.25) is 0 Å². The molecule has 2 heterocycles. The Morgan fingerprint density at radius 2 is 1.81 bits per heavy atom. The predicted molar refractivity (Wildman–Crippen MR) is 93.4 cm³/mol. The Morgan fingerprint density at radius 1 is 1.19 bits per heavy atom. The van der Waals surface area contributed by atoms with Gasteiger partial charge in [0.25, 0.3) is 5.69 Å². The molecule has 0 bridgehead atoms. The molecule has 0 aliphatic carbocycles. The lowest BCUT2D eigenvalue weighted by Gasteiger charge is -2.33. The number of carbonyl (C=O) groups excluding carboxylic acids is 2. The zero-order valence-electron chi connectivity index (χ0n) is 14.8. The molecule has 2 aliphatic rings. The van der Waals surface area contributed by atoms with Gasteiger partial charge in [-0.05, 0) is 19.1 Å². The van der Waals surface area contributed by atoms with Crippen LogP contribution >= 0.6 is 0 Å².